The molecule has 1 saturated heterocycles. The van der Waals surface area contributed by atoms with E-state index in [0.717, 1.165) is 38.9 Å². The van der Waals surface area contributed by atoms with Crippen molar-refractivity contribution in [2.75, 3.05) is 26.7 Å². The van der Waals surface area contributed by atoms with Crippen molar-refractivity contribution in [1.29, 1.82) is 0 Å². The Hall–Kier alpha value is -0.610. The van der Waals surface area contributed by atoms with Crippen LogP contribution in [0, 0.1) is 10.8 Å². The second kappa shape index (κ2) is 6.90. The third-order valence-corrected chi connectivity index (χ3v) is 4.23. The Morgan fingerprint density at radius 1 is 1.35 bits per heavy atom. The Morgan fingerprint density at radius 3 is 2.40 bits per heavy atom. The van der Waals surface area contributed by atoms with Crippen LogP contribution in [0.2, 0.25) is 0 Å². The van der Waals surface area contributed by atoms with Gasteiger partial charge < -0.3 is 16.0 Å². The van der Waals surface area contributed by atoms with Crippen LogP contribution >= 0.6 is 0 Å². The largest absolute Gasteiger partial charge is 0.356 e. The van der Waals surface area contributed by atoms with Crippen molar-refractivity contribution in [3.8, 4) is 0 Å². The van der Waals surface area contributed by atoms with E-state index in [2.05, 4.69) is 45.0 Å². The predicted octanol–water partition coefficient (Wildman–Crippen LogP) is 1.99. The number of hydrogen-bond donors (Lipinski definition) is 2. The number of nitrogens with one attached hydrogen (secondary N) is 1. The van der Waals surface area contributed by atoms with E-state index < -0.39 is 0 Å². The summed E-state index contributed by atoms with van der Waals surface area (Å²) in [7, 11) is 2.16. The Balaban J connectivity index is 2.29. The normalized spacial score (nSPS) is 21.5. The van der Waals surface area contributed by atoms with Gasteiger partial charge in [-0.1, -0.05) is 27.7 Å². The minimum absolute atomic E-state index is 0.0414. The molecule has 1 amide bonds. The Bertz CT molecular complexity index is 314. The van der Waals surface area contributed by atoms with E-state index in [9.17, 15) is 4.79 Å². The van der Waals surface area contributed by atoms with Gasteiger partial charge in [0.1, 0.15) is 0 Å². The molecule has 4 nitrogen and oxygen atoms in total. The number of amides is 1. The molecule has 0 aliphatic carbocycles. The van der Waals surface area contributed by atoms with Crippen molar-refractivity contribution >= 4 is 5.91 Å². The van der Waals surface area contributed by atoms with Crippen LogP contribution in [-0.4, -0.2) is 43.5 Å². The van der Waals surface area contributed by atoms with Crippen LogP contribution in [0.15, 0.2) is 0 Å². The van der Waals surface area contributed by atoms with Crippen LogP contribution in [0.3, 0.4) is 0 Å². The van der Waals surface area contributed by atoms with Crippen molar-refractivity contribution in [3.05, 3.63) is 0 Å². The standard InChI is InChI=1S/C16H33N3O/c1-15(2,3)11-13(17)10-14(20)18-12-16(4)6-8-19(5)9-7-16/h13H,6-12,17H2,1-5H3,(H,18,20). The highest BCUT2D eigenvalue weighted by atomic mass is 16.1. The average Bonchev–Trinajstić information content (AvgIpc) is 2.28. The van der Waals surface area contributed by atoms with Crippen LogP contribution in [0.5, 0.6) is 0 Å². The molecule has 1 heterocycles. The molecular formula is C16H33N3O. The molecular weight excluding hydrogens is 250 g/mol. The summed E-state index contributed by atoms with van der Waals surface area (Å²) < 4.78 is 0. The highest BCUT2D eigenvalue weighted by molar-refractivity contribution is 5.76. The summed E-state index contributed by atoms with van der Waals surface area (Å²) in [6.45, 7) is 11.8. The maximum absolute atomic E-state index is 12.0. The van der Waals surface area contributed by atoms with Gasteiger partial charge in [0.25, 0.3) is 0 Å². The van der Waals surface area contributed by atoms with E-state index in [1.54, 1.807) is 0 Å². The number of hydrogen-bond acceptors (Lipinski definition) is 3. The minimum Gasteiger partial charge on any atom is -0.356 e. The van der Waals surface area contributed by atoms with Gasteiger partial charge >= 0.3 is 0 Å². The fraction of sp³-hybridized carbons (Fsp3) is 0.938. The molecule has 1 fully saturated rings. The van der Waals surface area contributed by atoms with Gasteiger partial charge in [0, 0.05) is 19.0 Å². The molecule has 0 radical (unpaired) electrons. The first-order chi connectivity index (χ1) is 9.10. The second-order valence-corrected chi connectivity index (χ2v) is 8.12. The number of carbonyl (C=O) groups excluding carboxylic acids is 1. The third-order valence-electron chi connectivity index (χ3n) is 4.23. The number of nitrogens with zero attached hydrogens (tertiary/aromatic N) is 1. The topological polar surface area (TPSA) is 58.4 Å². The lowest BCUT2D eigenvalue weighted by molar-refractivity contribution is -0.122. The van der Waals surface area contributed by atoms with Crippen molar-refractivity contribution in [3.63, 3.8) is 0 Å². The maximum Gasteiger partial charge on any atom is 0.221 e. The first kappa shape index (κ1) is 17.4. The van der Waals surface area contributed by atoms with Gasteiger partial charge in [0.15, 0.2) is 0 Å². The van der Waals surface area contributed by atoms with Gasteiger partial charge in [-0.05, 0) is 50.2 Å². The van der Waals surface area contributed by atoms with E-state index in [0.29, 0.717) is 6.42 Å². The average molecular weight is 283 g/mol. The molecule has 0 aromatic rings. The Kier molecular flexibility index (Phi) is 6.02. The summed E-state index contributed by atoms with van der Waals surface area (Å²) in [5.41, 5.74) is 6.48. The summed E-state index contributed by atoms with van der Waals surface area (Å²) >= 11 is 0. The second-order valence-electron chi connectivity index (χ2n) is 8.12. The molecule has 0 bridgehead atoms. The zero-order valence-electron chi connectivity index (χ0n) is 14.0. The highest BCUT2D eigenvalue weighted by Gasteiger charge is 2.29. The molecule has 1 aliphatic heterocycles. The van der Waals surface area contributed by atoms with E-state index in [-0.39, 0.29) is 22.8 Å². The molecule has 118 valence electrons. The first-order valence-corrected chi connectivity index (χ1v) is 7.80. The van der Waals surface area contributed by atoms with Crippen LogP contribution in [-0.2, 0) is 4.79 Å². The van der Waals surface area contributed by atoms with Crippen LogP contribution < -0.4 is 11.1 Å². The van der Waals surface area contributed by atoms with Gasteiger partial charge in [-0.25, -0.2) is 0 Å². The number of rotatable bonds is 5. The van der Waals surface area contributed by atoms with Crippen LogP contribution in [0.25, 0.3) is 0 Å². The monoisotopic (exact) mass is 283 g/mol. The molecule has 0 spiro atoms. The van der Waals surface area contributed by atoms with Crippen molar-refractivity contribution in [2.24, 2.45) is 16.6 Å². The molecule has 20 heavy (non-hydrogen) atoms. The van der Waals surface area contributed by atoms with E-state index in [4.69, 9.17) is 5.73 Å². The van der Waals surface area contributed by atoms with Crippen molar-refractivity contribution < 1.29 is 4.79 Å². The molecule has 3 N–H and O–H groups in total. The number of piperidine rings is 1. The maximum atomic E-state index is 12.0. The van der Waals surface area contributed by atoms with Gasteiger partial charge in [-0.2, -0.15) is 0 Å². The lowest BCUT2D eigenvalue weighted by Gasteiger charge is -2.38. The zero-order valence-corrected chi connectivity index (χ0v) is 14.0. The molecule has 0 saturated carbocycles. The number of nitrogens with two attached hydrogens (primary N) is 1. The van der Waals surface area contributed by atoms with E-state index in [1.807, 2.05) is 0 Å². The molecule has 0 aromatic heterocycles. The minimum atomic E-state index is -0.0414. The summed E-state index contributed by atoms with van der Waals surface area (Å²) in [4.78, 5) is 14.3. The molecule has 1 rings (SSSR count). The molecule has 1 unspecified atom stereocenters. The Labute approximate surface area is 124 Å². The van der Waals surface area contributed by atoms with E-state index >= 15 is 0 Å². The fourth-order valence-corrected chi connectivity index (χ4v) is 2.82. The molecule has 4 heteroatoms. The predicted molar refractivity (Wildman–Crippen MR) is 84.5 cm³/mol. The fourth-order valence-electron chi connectivity index (χ4n) is 2.82. The lowest BCUT2D eigenvalue weighted by Crippen LogP contribution is -2.44. The highest BCUT2D eigenvalue weighted by Crippen LogP contribution is 2.29. The Morgan fingerprint density at radius 2 is 1.90 bits per heavy atom. The quantitative estimate of drug-likeness (QED) is 0.811. The van der Waals surface area contributed by atoms with Crippen LogP contribution in [0.4, 0.5) is 0 Å². The lowest BCUT2D eigenvalue weighted by atomic mass is 9.80. The summed E-state index contributed by atoms with van der Waals surface area (Å²) in [5.74, 6) is 0.0990. The van der Waals surface area contributed by atoms with Crippen molar-refractivity contribution in [1.82, 2.24) is 10.2 Å². The first-order valence-electron chi connectivity index (χ1n) is 7.80. The summed E-state index contributed by atoms with van der Waals surface area (Å²) in [6, 6.07) is -0.0414. The smallest absolute Gasteiger partial charge is 0.221 e. The van der Waals surface area contributed by atoms with E-state index in [1.165, 1.54) is 0 Å². The SMILES string of the molecule is CN1CCC(C)(CNC(=O)CC(N)CC(C)(C)C)CC1. The van der Waals surface area contributed by atoms with Gasteiger partial charge in [-0.3, -0.25) is 4.79 Å². The van der Waals surface area contributed by atoms with Crippen LogP contribution in [0.1, 0.15) is 53.4 Å². The van der Waals surface area contributed by atoms with Gasteiger partial charge in [-0.15, -0.1) is 0 Å². The summed E-state index contributed by atoms with van der Waals surface area (Å²) in [5, 5.41) is 3.09. The number of carbonyl (C=O) groups is 1. The molecule has 1 atom stereocenters. The molecule has 1 aliphatic rings. The van der Waals surface area contributed by atoms with Gasteiger partial charge in [0.05, 0.1) is 0 Å². The third kappa shape index (κ3) is 6.71. The molecule has 0 aromatic carbocycles. The van der Waals surface area contributed by atoms with Crippen molar-refractivity contribution in [2.45, 2.75) is 59.4 Å². The number of likely N-dealkylation sites (tertiary alicyclic amines) is 1. The van der Waals surface area contributed by atoms with Gasteiger partial charge in [0.2, 0.25) is 5.91 Å². The zero-order chi connectivity index (χ0) is 15.4. The summed E-state index contributed by atoms with van der Waals surface area (Å²) in [6.07, 6.45) is 3.62.